The Balaban J connectivity index is 1.46. The van der Waals surface area contributed by atoms with Gasteiger partial charge >= 0.3 is 0 Å². The summed E-state index contributed by atoms with van der Waals surface area (Å²) in [5.74, 6) is 0. The molecule has 204 valence electrons. The lowest BCUT2D eigenvalue weighted by Gasteiger charge is -2.21. The average Bonchev–Trinajstić information content (AvgIpc) is 3.45. The number of aryl methyl sites for hydroxylation is 2. The maximum absolute atomic E-state index is 4.86. The zero-order chi connectivity index (χ0) is 28.0. The number of aliphatic imine (C=N–C) groups is 2. The quantitative estimate of drug-likeness (QED) is 0.199. The van der Waals surface area contributed by atoms with E-state index in [1.165, 1.54) is 5.69 Å². The molecule has 7 nitrogen and oxygen atoms in total. The first kappa shape index (κ1) is 28.2. The van der Waals surface area contributed by atoms with Crippen LogP contribution in [-0.4, -0.2) is 52.1 Å². The Kier molecular flexibility index (Phi) is 8.92. The molecule has 0 saturated heterocycles. The van der Waals surface area contributed by atoms with Crippen LogP contribution in [0.3, 0.4) is 0 Å². The van der Waals surface area contributed by atoms with Gasteiger partial charge in [-0.3, -0.25) is 9.98 Å². The minimum absolute atomic E-state index is 0.0764. The van der Waals surface area contributed by atoms with Gasteiger partial charge in [-0.1, -0.05) is 57.2 Å². The SMILES string of the molecule is CNC(C)c1c(/C=N/CCC/N=C/c2c(C)nn(-c3ccccc3)c2C(C)(C)C)c(C)nn1-c1ccccc1. The molecule has 1 atom stereocenters. The summed E-state index contributed by atoms with van der Waals surface area (Å²) < 4.78 is 4.08. The van der Waals surface area contributed by atoms with Crippen molar-refractivity contribution in [3.8, 4) is 11.4 Å². The molecule has 0 radical (unpaired) electrons. The van der Waals surface area contributed by atoms with E-state index in [4.69, 9.17) is 20.2 Å². The van der Waals surface area contributed by atoms with Crippen LogP contribution in [0.1, 0.15) is 74.1 Å². The van der Waals surface area contributed by atoms with Crippen molar-refractivity contribution in [1.82, 2.24) is 24.9 Å². The number of aromatic nitrogens is 4. The summed E-state index contributed by atoms with van der Waals surface area (Å²) >= 11 is 0. The second-order valence-corrected chi connectivity index (χ2v) is 10.9. The van der Waals surface area contributed by atoms with Crippen molar-refractivity contribution in [2.45, 2.75) is 59.4 Å². The van der Waals surface area contributed by atoms with Crippen LogP contribution >= 0.6 is 0 Å². The van der Waals surface area contributed by atoms with Gasteiger partial charge in [0.25, 0.3) is 0 Å². The van der Waals surface area contributed by atoms with Crippen LogP contribution in [0.2, 0.25) is 0 Å². The highest BCUT2D eigenvalue weighted by atomic mass is 15.3. The molecule has 0 aliphatic heterocycles. The zero-order valence-corrected chi connectivity index (χ0v) is 24.3. The van der Waals surface area contributed by atoms with E-state index in [2.05, 4.69) is 68.9 Å². The van der Waals surface area contributed by atoms with Crippen molar-refractivity contribution >= 4 is 12.4 Å². The average molecular weight is 524 g/mol. The monoisotopic (exact) mass is 523 g/mol. The third kappa shape index (κ3) is 6.42. The van der Waals surface area contributed by atoms with Crippen molar-refractivity contribution in [1.29, 1.82) is 0 Å². The van der Waals surface area contributed by atoms with E-state index < -0.39 is 0 Å². The molecular weight excluding hydrogens is 482 g/mol. The normalized spacial score (nSPS) is 13.1. The van der Waals surface area contributed by atoms with Crippen molar-refractivity contribution in [3.63, 3.8) is 0 Å². The third-order valence-corrected chi connectivity index (χ3v) is 6.82. The molecule has 0 amide bonds. The first-order valence-electron chi connectivity index (χ1n) is 13.7. The number of para-hydroxylation sites is 2. The number of nitrogens with one attached hydrogen (secondary N) is 1. The molecule has 2 heterocycles. The fraction of sp³-hybridized carbons (Fsp3) is 0.375. The highest BCUT2D eigenvalue weighted by molar-refractivity contribution is 5.84. The summed E-state index contributed by atoms with van der Waals surface area (Å²) in [6, 6.07) is 20.7. The van der Waals surface area contributed by atoms with Crippen LogP contribution in [0, 0.1) is 13.8 Å². The van der Waals surface area contributed by atoms with Crippen LogP contribution in [-0.2, 0) is 5.41 Å². The minimum atomic E-state index is -0.0764. The third-order valence-electron chi connectivity index (χ3n) is 6.82. The van der Waals surface area contributed by atoms with Gasteiger partial charge < -0.3 is 5.32 Å². The summed E-state index contributed by atoms with van der Waals surface area (Å²) in [7, 11) is 1.97. The molecule has 0 aliphatic rings. The Bertz CT molecular complexity index is 1420. The lowest BCUT2D eigenvalue weighted by Crippen LogP contribution is -2.19. The van der Waals surface area contributed by atoms with E-state index in [1.54, 1.807) is 0 Å². The highest BCUT2D eigenvalue weighted by Gasteiger charge is 2.26. The van der Waals surface area contributed by atoms with E-state index in [0.717, 1.165) is 46.0 Å². The lowest BCUT2D eigenvalue weighted by molar-refractivity contribution is 0.543. The Labute approximate surface area is 232 Å². The molecule has 2 aromatic carbocycles. The second kappa shape index (κ2) is 12.3. The summed E-state index contributed by atoms with van der Waals surface area (Å²) in [5, 5.41) is 13.0. The van der Waals surface area contributed by atoms with Crippen LogP contribution < -0.4 is 5.32 Å². The minimum Gasteiger partial charge on any atom is -0.312 e. The first-order chi connectivity index (χ1) is 18.7. The first-order valence-corrected chi connectivity index (χ1v) is 13.7. The number of rotatable bonds is 10. The molecule has 0 fully saturated rings. The molecule has 0 aliphatic carbocycles. The lowest BCUT2D eigenvalue weighted by atomic mass is 9.88. The van der Waals surface area contributed by atoms with Gasteiger partial charge in [0.1, 0.15) is 0 Å². The van der Waals surface area contributed by atoms with Crippen LogP contribution in [0.25, 0.3) is 11.4 Å². The number of hydrogen-bond donors (Lipinski definition) is 1. The topological polar surface area (TPSA) is 72.4 Å². The molecular formula is C32H41N7. The van der Waals surface area contributed by atoms with E-state index in [-0.39, 0.29) is 11.5 Å². The van der Waals surface area contributed by atoms with Gasteiger partial charge in [-0.15, -0.1) is 0 Å². The summed E-state index contributed by atoms with van der Waals surface area (Å²) in [6.07, 6.45) is 4.83. The van der Waals surface area contributed by atoms with Crippen molar-refractivity contribution in [2.75, 3.05) is 20.1 Å². The largest absolute Gasteiger partial charge is 0.312 e. The van der Waals surface area contributed by atoms with Gasteiger partial charge in [-0.2, -0.15) is 10.2 Å². The van der Waals surface area contributed by atoms with Gasteiger partial charge in [-0.25, -0.2) is 9.36 Å². The summed E-state index contributed by atoms with van der Waals surface area (Å²) in [5.41, 5.74) is 8.46. The Hall–Kier alpha value is -3.84. The Morgan fingerprint density at radius 1 is 0.795 bits per heavy atom. The number of hydrogen-bond acceptors (Lipinski definition) is 5. The van der Waals surface area contributed by atoms with Gasteiger partial charge in [0.2, 0.25) is 0 Å². The molecule has 7 heteroatoms. The van der Waals surface area contributed by atoms with Gasteiger partial charge in [-0.05, 0) is 58.5 Å². The highest BCUT2D eigenvalue weighted by Crippen LogP contribution is 2.29. The molecule has 0 spiro atoms. The van der Waals surface area contributed by atoms with E-state index in [0.29, 0.717) is 13.1 Å². The summed E-state index contributed by atoms with van der Waals surface area (Å²) in [4.78, 5) is 9.52. The molecule has 1 unspecified atom stereocenters. The molecule has 2 aromatic heterocycles. The van der Waals surface area contributed by atoms with Gasteiger partial charge in [0, 0.05) is 48.1 Å². The van der Waals surface area contributed by atoms with Crippen LogP contribution in [0.15, 0.2) is 70.6 Å². The molecule has 4 aromatic rings. The predicted octanol–water partition coefficient (Wildman–Crippen LogP) is 6.18. The molecule has 39 heavy (non-hydrogen) atoms. The molecule has 1 N–H and O–H groups in total. The smallest absolute Gasteiger partial charge is 0.0699 e. The van der Waals surface area contributed by atoms with Gasteiger partial charge in [0.05, 0.1) is 34.2 Å². The molecule has 4 rings (SSSR count). The van der Waals surface area contributed by atoms with Gasteiger partial charge in [0.15, 0.2) is 0 Å². The molecule has 0 bridgehead atoms. The van der Waals surface area contributed by atoms with E-state index in [9.17, 15) is 0 Å². The van der Waals surface area contributed by atoms with Crippen LogP contribution in [0.5, 0.6) is 0 Å². The maximum atomic E-state index is 4.86. The van der Waals surface area contributed by atoms with Crippen molar-refractivity contribution in [2.24, 2.45) is 9.98 Å². The predicted molar refractivity (Wildman–Crippen MR) is 162 cm³/mol. The second-order valence-electron chi connectivity index (χ2n) is 10.9. The summed E-state index contributed by atoms with van der Waals surface area (Å²) in [6.45, 7) is 14.3. The number of nitrogens with zero attached hydrogens (tertiary/aromatic N) is 6. The van der Waals surface area contributed by atoms with Crippen molar-refractivity contribution in [3.05, 3.63) is 94.6 Å². The molecule has 0 saturated carbocycles. The standard InChI is InChI=1S/C32H41N7/c1-23-28(30(25(3)33-7)38(36-23)26-15-10-8-11-16-26)21-34-19-14-20-35-22-29-24(2)37-39(31(29)32(4,5)6)27-17-12-9-13-18-27/h8-13,15-18,21-22,25,33H,14,19-20H2,1-7H3/b34-21+,35-22+. The number of benzene rings is 2. The van der Waals surface area contributed by atoms with E-state index >= 15 is 0 Å². The Morgan fingerprint density at radius 3 is 1.82 bits per heavy atom. The van der Waals surface area contributed by atoms with E-state index in [1.807, 2.05) is 67.5 Å². The van der Waals surface area contributed by atoms with Crippen molar-refractivity contribution < 1.29 is 0 Å². The Morgan fingerprint density at radius 2 is 1.28 bits per heavy atom. The van der Waals surface area contributed by atoms with Crippen LogP contribution in [0.4, 0.5) is 0 Å². The fourth-order valence-electron chi connectivity index (χ4n) is 4.77. The maximum Gasteiger partial charge on any atom is 0.0699 e. The fourth-order valence-corrected chi connectivity index (χ4v) is 4.77. The zero-order valence-electron chi connectivity index (χ0n) is 24.3.